The molecule has 0 radical (unpaired) electrons. The van der Waals surface area contributed by atoms with Crippen LogP contribution in [0.5, 0.6) is 5.75 Å². The maximum Gasteiger partial charge on any atom is 0.119 e. The first kappa shape index (κ1) is 14.6. The zero-order chi connectivity index (χ0) is 12.2. The van der Waals surface area contributed by atoms with Gasteiger partial charge in [0.1, 0.15) is 5.75 Å². The number of hydrogen-bond acceptors (Lipinski definition) is 3. The fourth-order valence-electron chi connectivity index (χ4n) is 2.32. The lowest BCUT2D eigenvalue weighted by Crippen LogP contribution is -2.42. The molecule has 1 aliphatic carbocycles. The van der Waals surface area contributed by atoms with Crippen LogP contribution < -0.4 is 10.1 Å². The lowest BCUT2D eigenvalue weighted by Gasteiger charge is -2.27. The van der Waals surface area contributed by atoms with E-state index >= 15 is 0 Å². The maximum atomic E-state index is 5.75. The molecule has 0 atom stereocenters. The number of nitrogens with one attached hydrogen (secondary N) is 1. The number of rotatable bonds is 5. The highest BCUT2D eigenvalue weighted by Crippen LogP contribution is 2.29. The molecule has 106 valence electrons. The molecule has 3 nitrogen and oxygen atoms in total. The standard InChI is InChI=1S/C15H22N2O.ClH/c1-2-14(1)12-18-15-5-3-13(4-6-15)11-17-9-7-16-8-10-17;/h3-6,14,16H,1-2,7-12H2;1H. The molecular weight excluding hydrogens is 260 g/mol. The van der Waals surface area contributed by atoms with E-state index in [1.807, 2.05) is 0 Å². The molecule has 2 aliphatic rings. The fraction of sp³-hybridized carbons (Fsp3) is 0.600. The smallest absolute Gasteiger partial charge is 0.119 e. The molecule has 19 heavy (non-hydrogen) atoms. The summed E-state index contributed by atoms with van der Waals surface area (Å²) < 4.78 is 5.75. The molecule has 0 spiro atoms. The predicted molar refractivity (Wildman–Crippen MR) is 80.1 cm³/mol. The number of hydrogen-bond donors (Lipinski definition) is 1. The van der Waals surface area contributed by atoms with Gasteiger partial charge in [-0.3, -0.25) is 4.90 Å². The molecule has 1 aromatic carbocycles. The van der Waals surface area contributed by atoms with Gasteiger partial charge >= 0.3 is 0 Å². The Morgan fingerprint density at radius 1 is 1.11 bits per heavy atom. The van der Waals surface area contributed by atoms with Gasteiger partial charge in [-0.2, -0.15) is 0 Å². The molecule has 0 bridgehead atoms. The Hall–Kier alpha value is -0.770. The van der Waals surface area contributed by atoms with E-state index in [4.69, 9.17) is 4.74 Å². The van der Waals surface area contributed by atoms with Gasteiger partial charge in [0.05, 0.1) is 6.61 Å². The number of halogens is 1. The summed E-state index contributed by atoms with van der Waals surface area (Å²) in [4.78, 5) is 2.50. The van der Waals surface area contributed by atoms with Crippen LogP contribution in [0, 0.1) is 5.92 Å². The van der Waals surface area contributed by atoms with Crippen LogP contribution in [0.1, 0.15) is 18.4 Å². The summed E-state index contributed by atoms with van der Waals surface area (Å²) in [7, 11) is 0. The van der Waals surface area contributed by atoms with Crippen LogP contribution in [0.25, 0.3) is 0 Å². The largest absolute Gasteiger partial charge is 0.493 e. The molecule has 1 saturated heterocycles. The van der Waals surface area contributed by atoms with Crippen molar-refractivity contribution in [2.24, 2.45) is 5.92 Å². The average Bonchev–Trinajstić information content (AvgIpc) is 3.23. The summed E-state index contributed by atoms with van der Waals surface area (Å²) >= 11 is 0. The third kappa shape index (κ3) is 4.68. The van der Waals surface area contributed by atoms with Crippen molar-refractivity contribution < 1.29 is 4.74 Å². The summed E-state index contributed by atoms with van der Waals surface area (Å²) in [6, 6.07) is 8.62. The summed E-state index contributed by atoms with van der Waals surface area (Å²) in [5.74, 6) is 1.84. The van der Waals surface area contributed by atoms with Crippen LogP contribution in [0.15, 0.2) is 24.3 Å². The monoisotopic (exact) mass is 282 g/mol. The SMILES string of the molecule is Cl.c1cc(OCC2CC2)ccc1CN1CCNCC1. The third-order valence-corrected chi connectivity index (χ3v) is 3.72. The number of benzene rings is 1. The van der Waals surface area contributed by atoms with Crippen molar-refractivity contribution in [2.75, 3.05) is 32.8 Å². The summed E-state index contributed by atoms with van der Waals surface area (Å²) in [6.07, 6.45) is 2.70. The van der Waals surface area contributed by atoms with Crippen molar-refractivity contribution in [3.63, 3.8) is 0 Å². The highest BCUT2D eigenvalue weighted by Gasteiger charge is 2.21. The van der Waals surface area contributed by atoms with Gasteiger partial charge in [-0.1, -0.05) is 12.1 Å². The topological polar surface area (TPSA) is 24.5 Å². The van der Waals surface area contributed by atoms with Crippen molar-refractivity contribution in [1.29, 1.82) is 0 Å². The number of ether oxygens (including phenoxy) is 1. The van der Waals surface area contributed by atoms with E-state index in [0.29, 0.717) is 0 Å². The molecule has 1 aromatic rings. The molecule has 0 amide bonds. The normalized spacial score (nSPS) is 19.8. The third-order valence-electron chi connectivity index (χ3n) is 3.72. The minimum atomic E-state index is 0. The van der Waals surface area contributed by atoms with Gasteiger partial charge < -0.3 is 10.1 Å². The van der Waals surface area contributed by atoms with Crippen molar-refractivity contribution >= 4 is 12.4 Å². The van der Waals surface area contributed by atoms with E-state index in [1.54, 1.807) is 0 Å². The Morgan fingerprint density at radius 2 is 1.79 bits per heavy atom. The molecule has 1 heterocycles. The van der Waals surface area contributed by atoms with E-state index in [2.05, 4.69) is 34.5 Å². The Bertz CT molecular complexity index is 372. The molecular formula is C15H23ClN2O. The highest BCUT2D eigenvalue weighted by atomic mass is 35.5. The fourth-order valence-corrected chi connectivity index (χ4v) is 2.32. The molecule has 1 N–H and O–H groups in total. The second-order valence-electron chi connectivity index (χ2n) is 5.42. The van der Waals surface area contributed by atoms with E-state index in [0.717, 1.165) is 51.0 Å². The second kappa shape index (κ2) is 7.13. The Balaban J connectivity index is 0.00000133. The molecule has 2 fully saturated rings. The van der Waals surface area contributed by atoms with E-state index < -0.39 is 0 Å². The van der Waals surface area contributed by atoms with E-state index in [1.165, 1.54) is 18.4 Å². The van der Waals surface area contributed by atoms with E-state index in [9.17, 15) is 0 Å². The van der Waals surface area contributed by atoms with Crippen molar-refractivity contribution in [1.82, 2.24) is 10.2 Å². The first-order chi connectivity index (χ1) is 8.90. The number of piperazine rings is 1. The van der Waals surface area contributed by atoms with E-state index in [-0.39, 0.29) is 12.4 Å². The predicted octanol–water partition coefficient (Wildman–Crippen LogP) is 2.30. The molecule has 3 rings (SSSR count). The Morgan fingerprint density at radius 3 is 2.42 bits per heavy atom. The van der Waals surface area contributed by atoms with Gasteiger partial charge in [0.15, 0.2) is 0 Å². The second-order valence-corrected chi connectivity index (χ2v) is 5.42. The first-order valence-electron chi connectivity index (χ1n) is 7.05. The summed E-state index contributed by atoms with van der Waals surface area (Å²) in [6.45, 7) is 6.49. The van der Waals surface area contributed by atoms with Gasteiger partial charge in [0, 0.05) is 32.7 Å². The van der Waals surface area contributed by atoms with Crippen molar-refractivity contribution in [3.8, 4) is 5.75 Å². The van der Waals surface area contributed by atoms with Crippen LogP contribution >= 0.6 is 12.4 Å². The zero-order valence-electron chi connectivity index (χ0n) is 11.3. The van der Waals surface area contributed by atoms with Crippen LogP contribution in [0.3, 0.4) is 0 Å². The van der Waals surface area contributed by atoms with Crippen molar-refractivity contribution in [3.05, 3.63) is 29.8 Å². The van der Waals surface area contributed by atoms with Gasteiger partial charge in [0.25, 0.3) is 0 Å². The molecule has 4 heteroatoms. The van der Waals surface area contributed by atoms with Gasteiger partial charge in [-0.15, -0.1) is 12.4 Å². The van der Waals surface area contributed by atoms with Gasteiger partial charge in [0.2, 0.25) is 0 Å². The summed E-state index contributed by atoms with van der Waals surface area (Å²) in [5, 5.41) is 3.38. The van der Waals surface area contributed by atoms with Crippen LogP contribution in [0.4, 0.5) is 0 Å². The molecule has 0 unspecified atom stereocenters. The summed E-state index contributed by atoms with van der Waals surface area (Å²) in [5.41, 5.74) is 1.38. The molecule has 1 aliphatic heterocycles. The van der Waals surface area contributed by atoms with Crippen LogP contribution in [-0.4, -0.2) is 37.7 Å². The Kier molecular flexibility index (Phi) is 5.49. The highest BCUT2D eigenvalue weighted by molar-refractivity contribution is 5.85. The molecule has 0 aromatic heterocycles. The van der Waals surface area contributed by atoms with Crippen LogP contribution in [-0.2, 0) is 6.54 Å². The first-order valence-corrected chi connectivity index (χ1v) is 7.05. The number of nitrogens with zero attached hydrogens (tertiary/aromatic N) is 1. The van der Waals surface area contributed by atoms with Gasteiger partial charge in [-0.05, 0) is 36.5 Å². The maximum absolute atomic E-state index is 5.75. The Labute approximate surface area is 121 Å². The minimum Gasteiger partial charge on any atom is -0.493 e. The quantitative estimate of drug-likeness (QED) is 0.897. The zero-order valence-corrected chi connectivity index (χ0v) is 12.1. The van der Waals surface area contributed by atoms with Crippen molar-refractivity contribution in [2.45, 2.75) is 19.4 Å². The average molecular weight is 283 g/mol. The lowest BCUT2D eigenvalue weighted by atomic mass is 10.2. The minimum absolute atomic E-state index is 0. The van der Waals surface area contributed by atoms with Crippen LogP contribution in [0.2, 0.25) is 0 Å². The van der Waals surface area contributed by atoms with Gasteiger partial charge in [-0.25, -0.2) is 0 Å². The lowest BCUT2D eigenvalue weighted by molar-refractivity contribution is 0.233. The molecule has 1 saturated carbocycles.